The first-order valence-corrected chi connectivity index (χ1v) is 10.1. The van der Waals surface area contributed by atoms with E-state index < -0.39 is 8.07 Å². The van der Waals surface area contributed by atoms with Gasteiger partial charge in [-0.05, 0) is 18.9 Å². The maximum atomic E-state index is 11.2. The summed E-state index contributed by atoms with van der Waals surface area (Å²) < 4.78 is 10.4. The zero-order valence-corrected chi connectivity index (χ0v) is 12.9. The molecule has 0 aliphatic carbocycles. The van der Waals surface area contributed by atoms with Gasteiger partial charge >= 0.3 is 5.97 Å². The van der Waals surface area contributed by atoms with Gasteiger partial charge in [0.25, 0.3) is 0 Å². The molecule has 1 aliphatic rings. The molecule has 18 heavy (non-hydrogen) atoms. The number of esters is 1. The molecule has 1 fully saturated rings. The predicted molar refractivity (Wildman–Crippen MR) is 76.1 cm³/mol. The van der Waals surface area contributed by atoms with E-state index in [-0.39, 0.29) is 5.97 Å². The molecule has 1 rings (SSSR count). The van der Waals surface area contributed by atoms with Gasteiger partial charge in [0.15, 0.2) is 0 Å². The van der Waals surface area contributed by atoms with Crippen LogP contribution >= 0.6 is 0 Å². The first-order chi connectivity index (χ1) is 8.42. The van der Waals surface area contributed by atoms with Crippen molar-refractivity contribution in [1.29, 1.82) is 0 Å². The van der Waals surface area contributed by atoms with Crippen LogP contribution < -0.4 is 0 Å². The SMILES string of the molecule is CCOC(=O)/C=C/CC1COC/C1=C\[Si](C)(C)C. The third-order valence-corrected chi connectivity index (χ3v) is 3.93. The van der Waals surface area contributed by atoms with E-state index in [1.54, 1.807) is 0 Å². The fourth-order valence-electron chi connectivity index (χ4n) is 2.00. The molecule has 1 atom stereocenters. The van der Waals surface area contributed by atoms with Gasteiger partial charge in [-0.3, -0.25) is 0 Å². The number of carbonyl (C=O) groups is 1. The molecule has 1 aliphatic heterocycles. The molecule has 0 aromatic rings. The Morgan fingerprint density at radius 1 is 1.50 bits per heavy atom. The topological polar surface area (TPSA) is 35.5 Å². The van der Waals surface area contributed by atoms with E-state index in [4.69, 9.17) is 9.47 Å². The number of carbonyl (C=O) groups excluding carboxylic acids is 1. The third kappa shape index (κ3) is 5.64. The molecule has 0 amide bonds. The van der Waals surface area contributed by atoms with Gasteiger partial charge in [0.05, 0.1) is 27.9 Å². The molecule has 0 radical (unpaired) electrons. The lowest BCUT2D eigenvalue weighted by Gasteiger charge is -2.14. The van der Waals surface area contributed by atoms with Crippen LogP contribution in [-0.2, 0) is 14.3 Å². The minimum atomic E-state index is -1.20. The fourth-order valence-corrected chi connectivity index (χ4v) is 3.43. The number of ether oxygens (including phenoxy) is 2. The Morgan fingerprint density at radius 3 is 2.83 bits per heavy atom. The van der Waals surface area contributed by atoms with Gasteiger partial charge in [-0.25, -0.2) is 4.79 Å². The second kappa shape index (κ2) is 6.90. The van der Waals surface area contributed by atoms with E-state index in [0.29, 0.717) is 12.5 Å². The minimum absolute atomic E-state index is 0.257. The van der Waals surface area contributed by atoms with Crippen LogP contribution in [0, 0.1) is 5.92 Å². The van der Waals surface area contributed by atoms with E-state index in [9.17, 15) is 4.79 Å². The lowest BCUT2D eigenvalue weighted by atomic mass is 10.0. The lowest BCUT2D eigenvalue weighted by Crippen LogP contribution is -2.18. The molecule has 102 valence electrons. The molecular weight excluding hydrogens is 244 g/mol. The Morgan fingerprint density at radius 2 is 2.22 bits per heavy atom. The van der Waals surface area contributed by atoms with Crippen molar-refractivity contribution in [2.75, 3.05) is 19.8 Å². The Balaban J connectivity index is 2.51. The maximum absolute atomic E-state index is 11.2. The van der Waals surface area contributed by atoms with Crippen molar-refractivity contribution in [2.24, 2.45) is 5.92 Å². The summed E-state index contributed by atoms with van der Waals surface area (Å²) in [7, 11) is -1.20. The molecule has 0 bridgehead atoms. The van der Waals surface area contributed by atoms with Gasteiger partial charge in [-0.1, -0.05) is 31.4 Å². The number of allylic oxidation sites excluding steroid dienone is 1. The molecule has 3 nitrogen and oxygen atoms in total. The van der Waals surface area contributed by atoms with E-state index in [2.05, 4.69) is 25.3 Å². The van der Waals surface area contributed by atoms with Crippen molar-refractivity contribution < 1.29 is 14.3 Å². The molecular formula is C14H24O3Si. The largest absolute Gasteiger partial charge is 0.463 e. The van der Waals surface area contributed by atoms with Gasteiger partial charge in [0, 0.05) is 12.0 Å². The summed E-state index contributed by atoms with van der Waals surface area (Å²) in [6.07, 6.45) is 4.28. The van der Waals surface area contributed by atoms with Crippen molar-refractivity contribution in [3.63, 3.8) is 0 Å². The third-order valence-electron chi connectivity index (χ3n) is 2.69. The summed E-state index contributed by atoms with van der Waals surface area (Å²) in [5.74, 6) is 0.176. The molecule has 0 spiro atoms. The van der Waals surface area contributed by atoms with Crippen LogP contribution in [0.2, 0.25) is 19.6 Å². The zero-order chi connectivity index (χ0) is 13.6. The summed E-state index contributed by atoms with van der Waals surface area (Å²) >= 11 is 0. The summed E-state index contributed by atoms with van der Waals surface area (Å²) in [5, 5.41) is 0. The van der Waals surface area contributed by atoms with Crippen molar-refractivity contribution >= 4 is 14.0 Å². The standard InChI is InChI=1S/C14H24O3Si/c1-5-17-14(15)8-6-7-12-9-16-10-13(12)11-18(2,3)4/h6,8,11-12H,5,7,9-10H2,1-4H3/b8-6+,13-11+. The van der Waals surface area contributed by atoms with E-state index >= 15 is 0 Å². The van der Waals surface area contributed by atoms with Crippen molar-refractivity contribution in [2.45, 2.75) is 33.0 Å². The van der Waals surface area contributed by atoms with Gasteiger partial charge < -0.3 is 9.47 Å². The van der Waals surface area contributed by atoms with E-state index in [1.165, 1.54) is 11.6 Å². The van der Waals surface area contributed by atoms with Crippen molar-refractivity contribution in [1.82, 2.24) is 0 Å². The van der Waals surface area contributed by atoms with Crippen LogP contribution in [0.15, 0.2) is 23.4 Å². The van der Waals surface area contributed by atoms with Crippen LogP contribution in [0.1, 0.15) is 13.3 Å². The highest BCUT2D eigenvalue weighted by Crippen LogP contribution is 2.25. The van der Waals surface area contributed by atoms with Crippen molar-refractivity contribution in [3.05, 3.63) is 23.4 Å². The molecule has 1 heterocycles. The average molecular weight is 268 g/mol. The quantitative estimate of drug-likeness (QED) is 0.437. The normalized spacial score (nSPS) is 22.9. The zero-order valence-electron chi connectivity index (χ0n) is 11.9. The Kier molecular flexibility index (Phi) is 5.82. The smallest absolute Gasteiger partial charge is 0.330 e. The van der Waals surface area contributed by atoms with Crippen LogP contribution in [0.3, 0.4) is 0 Å². The fraction of sp³-hybridized carbons (Fsp3) is 0.643. The van der Waals surface area contributed by atoms with Gasteiger partial charge in [0.1, 0.15) is 0 Å². The van der Waals surface area contributed by atoms with Gasteiger partial charge in [0.2, 0.25) is 0 Å². The first kappa shape index (κ1) is 15.2. The molecule has 1 unspecified atom stereocenters. The summed E-state index contributed by atoms with van der Waals surface area (Å²) in [4.78, 5) is 11.2. The van der Waals surface area contributed by atoms with Gasteiger partial charge in [-0.15, -0.1) is 0 Å². The molecule has 0 N–H and O–H groups in total. The van der Waals surface area contributed by atoms with Crippen LogP contribution in [-0.4, -0.2) is 33.9 Å². The van der Waals surface area contributed by atoms with Crippen molar-refractivity contribution in [3.8, 4) is 0 Å². The monoisotopic (exact) mass is 268 g/mol. The predicted octanol–water partition coefficient (Wildman–Crippen LogP) is 2.95. The first-order valence-electron chi connectivity index (χ1n) is 6.55. The Labute approximate surface area is 111 Å². The summed E-state index contributed by atoms with van der Waals surface area (Å²) in [6.45, 7) is 10.7. The van der Waals surface area contributed by atoms with E-state index in [1.807, 2.05) is 13.0 Å². The van der Waals surface area contributed by atoms with Crippen LogP contribution in [0.4, 0.5) is 0 Å². The number of hydrogen-bond acceptors (Lipinski definition) is 3. The second-order valence-corrected chi connectivity index (χ2v) is 10.7. The summed E-state index contributed by atoms with van der Waals surface area (Å²) in [6, 6.07) is 0. The molecule has 0 aromatic heterocycles. The highest BCUT2D eigenvalue weighted by molar-refractivity contribution is 6.81. The van der Waals surface area contributed by atoms with Crippen LogP contribution in [0.25, 0.3) is 0 Å². The number of hydrogen-bond donors (Lipinski definition) is 0. The lowest BCUT2D eigenvalue weighted by molar-refractivity contribution is -0.137. The molecule has 4 heteroatoms. The Bertz CT molecular complexity index is 339. The van der Waals surface area contributed by atoms with E-state index in [0.717, 1.165) is 19.6 Å². The second-order valence-electron chi connectivity index (χ2n) is 5.69. The van der Waals surface area contributed by atoms with Crippen LogP contribution in [0.5, 0.6) is 0 Å². The highest BCUT2D eigenvalue weighted by atomic mass is 28.3. The number of rotatable bonds is 5. The maximum Gasteiger partial charge on any atom is 0.330 e. The highest BCUT2D eigenvalue weighted by Gasteiger charge is 2.23. The van der Waals surface area contributed by atoms with Gasteiger partial charge in [-0.2, -0.15) is 0 Å². The summed E-state index contributed by atoms with van der Waals surface area (Å²) in [5.41, 5.74) is 3.82. The molecule has 1 saturated heterocycles. The minimum Gasteiger partial charge on any atom is -0.463 e. The Hall–Kier alpha value is -0.873. The average Bonchev–Trinajstić information content (AvgIpc) is 2.63. The molecule has 0 saturated carbocycles. The molecule has 0 aromatic carbocycles.